The molecule has 0 saturated carbocycles. The van der Waals surface area contributed by atoms with Crippen LogP contribution < -0.4 is 11.1 Å². The lowest BCUT2D eigenvalue weighted by Gasteiger charge is -2.12. The highest BCUT2D eigenvalue weighted by Gasteiger charge is 2.11. The summed E-state index contributed by atoms with van der Waals surface area (Å²) in [7, 11) is 0. The van der Waals surface area contributed by atoms with Crippen LogP contribution >= 0.6 is 0 Å². The van der Waals surface area contributed by atoms with E-state index in [0.29, 0.717) is 12.1 Å². The molecule has 0 radical (unpaired) electrons. The molecule has 0 aliphatic heterocycles. The lowest BCUT2D eigenvalue weighted by atomic mass is 9.97. The first-order valence-electron chi connectivity index (χ1n) is 6.05. The minimum absolute atomic E-state index is 0.0564. The molecule has 1 atom stereocenters. The highest BCUT2D eigenvalue weighted by atomic mass is 16.1. The highest BCUT2D eigenvalue weighted by Crippen LogP contribution is 2.20. The standard InChI is InChI=1S/C14H16N4O/c1-10(11-2-4-12(15)5-3-11)6-14(19)18-13-7-16-9-17-8-13/h2-5,7-10H,6,15H2,1H3,(H,18,19). The maximum Gasteiger partial charge on any atom is 0.225 e. The average molecular weight is 256 g/mol. The van der Waals surface area contributed by atoms with E-state index in [1.165, 1.54) is 6.33 Å². The van der Waals surface area contributed by atoms with Gasteiger partial charge in [0.05, 0.1) is 18.1 Å². The first-order chi connectivity index (χ1) is 9.15. The van der Waals surface area contributed by atoms with Gasteiger partial charge in [-0.3, -0.25) is 4.79 Å². The molecule has 0 saturated heterocycles. The summed E-state index contributed by atoms with van der Waals surface area (Å²) in [5, 5.41) is 2.77. The van der Waals surface area contributed by atoms with Gasteiger partial charge in [-0.1, -0.05) is 19.1 Å². The van der Waals surface area contributed by atoms with Gasteiger partial charge < -0.3 is 11.1 Å². The van der Waals surface area contributed by atoms with E-state index in [9.17, 15) is 4.79 Å². The Morgan fingerprint density at radius 3 is 2.53 bits per heavy atom. The van der Waals surface area contributed by atoms with E-state index in [0.717, 1.165) is 11.3 Å². The number of nitrogen functional groups attached to an aromatic ring is 1. The van der Waals surface area contributed by atoms with E-state index in [1.807, 2.05) is 31.2 Å². The molecule has 3 N–H and O–H groups in total. The summed E-state index contributed by atoms with van der Waals surface area (Å²) >= 11 is 0. The van der Waals surface area contributed by atoms with Gasteiger partial charge in [0.1, 0.15) is 6.33 Å². The fraction of sp³-hybridized carbons (Fsp3) is 0.214. The highest BCUT2D eigenvalue weighted by molar-refractivity contribution is 5.90. The fourth-order valence-electron chi connectivity index (χ4n) is 1.80. The Bertz CT molecular complexity index is 539. The van der Waals surface area contributed by atoms with Crippen molar-refractivity contribution in [3.05, 3.63) is 48.5 Å². The molecule has 1 amide bonds. The molecule has 1 heterocycles. The van der Waals surface area contributed by atoms with Gasteiger partial charge in [0.25, 0.3) is 0 Å². The monoisotopic (exact) mass is 256 g/mol. The van der Waals surface area contributed by atoms with Crippen LogP contribution in [0.25, 0.3) is 0 Å². The molecule has 0 bridgehead atoms. The van der Waals surface area contributed by atoms with Gasteiger partial charge in [-0.25, -0.2) is 9.97 Å². The van der Waals surface area contributed by atoms with Crippen LogP contribution in [-0.4, -0.2) is 15.9 Å². The van der Waals surface area contributed by atoms with E-state index < -0.39 is 0 Å². The van der Waals surface area contributed by atoms with Gasteiger partial charge in [0.15, 0.2) is 0 Å². The summed E-state index contributed by atoms with van der Waals surface area (Å²) in [4.78, 5) is 19.6. The summed E-state index contributed by atoms with van der Waals surface area (Å²) in [5.41, 5.74) is 8.06. The number of carbonyl (C=O) groups excluding carboxylic acids is 1. The second kappa shape index (κ2) is 5.95. The van der Waals surface area contributed by atoms with Gasteiger partial charge in [-0.15, -0.1) is 0 Å². The molecule has 0 aliphatic rings. The van der Waals surface area contributed by atoms with Crippen molar-refractivity contribution in [3.8, 4) is 0 Å². The second-order valence-corrected chi connectivity index (χ2v) is 4.45. The Hall–Kier alpha value is -2.43. The number of anilines is 2. The van der Waals surface area contributed by atoms with Crippen molar-refractivity contribution >= 4 is 17.3 Å². The maximum absolute atomic E-state index is 11.9. The smallest absolute Gasteiger partial charge is 0.225 e. The molecule has 1 aromatic heterocycles. The third-order valence-electron chi connectivity index (χ3n) is 2.84. The van der Waals surface area contributed by atoms with E-state index in [-0.39, 0.29) is 11.8 Å². The molecule has 0 aliphatic carbocycles. The van der Waals surface area contributed by atoms with E-state index in [2.05, 4.69) is 15.3 Å². The Labute approximate surface area is 111 Å². The molecular formula is C14H16N4O. The van der Waals surface area contributed by atoms with Crippen molar-refractivity contribution in [1.82, 2.24) is 9.97 Å². The number of nitrogens with two attached hydrogens (primary N) is 1. The van der Waals surface area contributed by atoms with E-state index in [4.69, 9.17) is 5.73 Å². The summed E-state index contributed by atoms with van der Waals surface area (Å²) in [5.74, 6) is 0.0735. The molecule has 1 unspecified atom stereocenters. The van der Waals surface area contributed by atoms with Crippen LogP contribution in [0.5, 0.6) is 0 Å². The molecule has 2 rings (SSSR count). The van der Waals surface area contributed by atoms with Gasteiger partial charge in [-0.05, 0) is 23.6 Å². The molecule has 2 aromatic rings. The normalized spacial score (nSPS) is 11.8. The van der Waals surface area contributed by atoms with E-state index in [1.54, 1.807) is 12.4 Å². The van der Waals surface area contributed by atoms with Crippen LogP contribution in [0.1, 0.15) is 24.8 Å². The number of rotatable bonds is 4. The number of hydrogen-bond acceptors (Lipinski definition) is 4. The number of nitrogens with zero attached hydrogens (tertiary/aromatic N) is 2. The van der Waals surface area contributed by atoms with Crippen LogP contribution in [0, 0.1) is 0 Å². The van der Waals surface area contributed by atoms with Crippen LogP contribution in [0.3, 0.4) is 0 Å². The minimum Gasteiger partial charge on any atom is -0.399 e. The number of hydrogen-bond donors (Lipinski definition) is 2. The first-order valence-corrected chi connectivity index (χ1v) is 6.05. The molecule has 0 fully saturated rings. The number of benzene rings is 1. The number of amides is 1. The van der Waals surface area contributed by atoms with Crippen LogP contribution in [0.4, 0.5) is 11.4 Å². The lowest BCUT2D eigenvalue weighted by molar-refractivity contribution is -0.116. The maximum atomic E-state index is 11.9. The zero-order chi connectivity index (χ0) is 13.7. The predicted molar refractivity (Wildman–Crippen MR) is 74.5 cm³/mol. The SMILES string of the molecule is CC(CC(=O)Nc1cncnc1)c1ccc(N)cc1. The van der Waals surface area contributed by atoms with Crippen molar-refractivity contribution in [2.75, 3.05) is 11.1 Å². The zero-order valence-corrected chi connectivity index (χ0v) is 10.7. The molecule has 0 spiro atoms. The molecular weight excluding hydrogens is 240 g/mol. The molecule has 1 aromatic carbocycles. The van der Waals surface area contributed by atoms with Gasteiger partial charge in [0.2, 0.25) is 5.91 Å². The van der Waals surface area contributed by atoms with Crippen molar-refractivity contribution < 1.29 is 4.79 Å². The number of aromatic nitrogens is 2. The predicted octanol–water partition coefficient (Wildman–Crippen LogP) is 2.19. The lowest BCUT2D eigenvalue weighted by Crippen LogP contribution is -2.14. The summed E-state index contributed by atoms with van der Waals surface area (Å²) in [6.45, 7) is 2.01. The Kier molecular flexibility index (Phi) is 4.07. The largest absolute Gasteiger partial charge is 0.399 e. The van der Waals surface area contributed by atoms with Crippen molar-refractivity contribution in [2.45, 2.75) is 19.3 Å². The fourth-order valence-corrected chi connectivity index (χ4v) is 1.80. The second-order valence-electron chi connectivity index (χ2n) is 4.45. The molecule has 5 heteroatoms. The first kappa shape index (κ1) is 13.0. The van der Waals surface area contributed by atoms with Gasteiger partial charge in [-0.2, -0.15) is 0 Å². The summed E-state index contributed by atoms with van der Waals surface area (Å²) < 4.78 is 0. The third-order valence-corrected chi connectivity index (χ3v) is 2.84. The summed E-state index contributed by atoms with van der Waals surface area (Å²) in [6.07, 6.45) is 4.96. The van der Waals surface area contributed by atoms with E-state index >= 15 is 0 Å². The van der Waals surface area contributed by atoms with Gasteiger partial charge >= 0.3 is 0 Å². The van der Waals surface area contributed by atoms with Crippen molar-refractivity contribution in [1.29, 1.82) is 0 Å². The Morgan fingerprint density at radius 1 is 1.26 bits per heavy atom. The van der Waals surface area contributed by atoms with Crippen LogP contribution in [0.2, 0.25) is 0 Å². The quantitative estimate of drug-likeness (QED) is 0.822. The minimum atomic E-state index is -0.0564. The number of nitrogens with one attached hydrogen (secondary N) is 1. The van der Waals surface area contributed by atoms with Crippen LogP contribution in [0.15, 0.2) is 43.0 Å². The Morgan fingerprint density at radius 2 is 1.89 bits per heavy atom. The molecule has 19 heavy (non-hydrogen) atoms. The van der Waals surface area contributed by atoms with Crippen molar-refractivity contribution in [3.63, 3.8) is 0 Å². The summed E-state index contributed by atoms with van der Waals surface area (Å²) in [6, 6.07) is 7.57. The van der Waals surface area contributed by atoms with Crippen LogP contribution in [-0.2, 0) is 4.79 Å². The topological polar surface area (TPSA) is 80.9 Å². The Balaban J connectivity index is 1.93. The zero-order valence-electron chi connectivity index (χ0n) is 10.7. The number of carbonyl (C=O) groups is 1. The molecule has 5 nitrogen and oxygen atoms in total. The van der Waals surface area contributed by atoms with Crippen molar-refractivity contribution in [2.24, 2.45) is 0 Å². The third kappa shape index (κ3) is 3.77. The molecule has 98 valence electrons. The van der Waals surface area contributed by atoms with Gasteiger partial charge in [0, 0.05) is 12.1 Å². The average Bonchev–Trinajstić information content (AvgIpc) is 2.40.